The number of phosphoric ester groups is 1. The third-order valence-electron chi connectivity index (χ3n) is 0.679. The highest BCUT2D eigenvalue weighted by molar-refractivity contribution is 7.60. The second-order valence-corrected chi connectivity index (χ2v) is 4.60. The van der Waals surface area contributed by atoms with Crippen molar-refractivity contribution in [1.82, 2.24) is 0 Å². The molecule has 0 saturated heterocycles. The lowest BCUT2D eigenvalue weighted by molar-refractivity contribution is 0.217. The zero-order valence-electron chi connectivity index (χ0n) is 6.63. The van der Waals surface area contributed by atoms with E-state index in [4.69, 9.17) is 19.8 Å². The number of aliphatic hydroxyl groups excluding tert-OH is 1. The lowest BCUT2D eigenvalue weighted by Crippen LogP contribution is -1.88. The van der Waals surface area contributed by atoms with Crippen LogP contribution in [0.4, 0.5) is 0 Å². The molecule has 0 aliphatic rings. The number of aliphatic hydroxyl groups is 1. The second kappa shape index (κ2) is 5.31. The smallest absolute Gasteiger partial charge is 0.516 e. The Morgan fingerprint density at radius 3 is 2.07 bits per heavy atom. The Hall–Kier alpha value is -0.620. The molecule has 0 amide bonds. The summed E-state index contributed by atoms with van der Waals surface area (Å²) in [4.78, 5) is 24.9. The van der Waals surface area contributed by atoms with Crippen molar-refractivity contribution in [2.24, 2.45) is 0 Å². The molecule has 0 aliphatic carbocycles. The van der Waals surface area contributed by atoms with Crippen LogP contribution in [-0.4, -0.2) is 19.8 Å². The topological polar surface area (TPSA) is 134 Å². The van der Waals surface area contributed by atoms with Crippen molar-refractivity contribution in [1.29, 1.82) is 0 Å². The van der Waals surface area contributed by atoms with Gasteiger partial charge in [-0.05, 0) is 12.2 Å². The van der Waals surface area contributed by atoms with Crippen molar-refractivity contribution in [3.05, 3.63) is 24.7 Å². The molecule has 0 aliphatic heterocycles. The van der Waals surface area contributed by atoms with Gasteiger partial charge in [-0.2, -0.15) is 4.31 Å². The van der Waals surface area contributed by atoms with Gasteiger partial charge in [-0.3, -0.25) is 4.89 Å². The van der Waals surface area contributed by atoms with Crippen LogP contribution in [0.2, 0.25) is 0 Å². The van der Waals surface area contributed by atoms with Crippen LogP contribution in [-0.2, 0) is 18.0 Å². The fourth-order valence-corrected chi connectivity index (χ4v) is 1.81. The summed E-state index contributed by atoms with van der Waals surface area (Å²) in [6, 6.07) is 0. The molecule has 8 nitrogen and oxygen atoms in total. The van der Waals surface area contributed by atoms with E-state index in [-0.39, 0.29) is 0 Å². The Kier molecular flexibility index (Phi) is 5.07. The lowest BCUT2D eigenvalue weighted by atomic mass is 10.6. The molecule has 0 aromatic rings. The van der Waals surface area contributed by atoms with E-state index in [0.29, 0.717) is 12.5 Å². The Morgan fingerprint density at radius 2 is 1.64 bits per heavy atom. The first-order chi connectivity index (χ1) is 6.27. The number of hydrogen-bond donors (Lipinski definition) is 4. The van der Waals surface area contributed by atoms with Crippen molar-refractivity contribution < 1.29 is 37.8 Å². The number of rotatable bonds is 5. The van der Waals surface area contributed by atoms with Crippen molar-refractivity contribution in [3.8, 4) is 0 Å². The Balaban J connectivity index is 4.22. The van der Waals surface area contributed by atoms with Crippen LogP contribution in [0.15, 0.2) is 24.7 Å². The minimum absolute atomic E-state index is 0.617. The first-order valence-electron chi connectivity index (χ1n) is 3.01. The molecule has 0 rings (SSSR count). The van der Waals surface area contributed by atoms with E-state index in [1.54, 1.807) is 0 Å². The third-order valence-corrected chi connectivity index (χ3v) is 2.74. The first kappa shape index (κ1) is 13.4. The van der Waals surface area contributed by atoms with Gasteiger partial charge in [0.1, 0.15) is 0 Å². The number of hydrogen-bond acceptors (Lipinski definition) is 5. The summed E-state index contributed by atoms with van der Waals surface area (Å²) in [6.07, 6.45) is 3.29. The van der Waals surface area contributed by atoms with Crippen molar-refractivity contribution in [3.63, 3.8) is 0 Å². The van der Waals surface area contributed by atoms with Gasteiger partial charge in [-0.25, -0.2) is 9.13 Å². The predicted molar refractivity (Wildman–Crippen MR) is 44.9 cm³/mol. The van der Waals surface area contributed by atoms with E-state index in [1.165, 1.54) is 0 Å². The van der Waals surface area contributed by atoms with E-state index in [1.807, 2.05) is 0 Å². The third kappa shape index (κ3) is 8.00. The van der Waals surface area contributed by atoms with E-state index >= 15 is 0 Å². The zero-order chi connectivity index (χ0) is 11.2. The van der Waals surface area contributed by atoms with Crippen molar-refractivity contribution >= 4 is 15.6 Å². The summed E-state index contributed by atoms with van der Waals surface area (Å²) in [7, 11) is -9.90. The molecule has 1 atom stereocenters. The van der Waals surface area contributed by atoms with E-state index in [2.05, 4.69) is 8.83 Å². The van der Waals surface area contributed by atoms with Crippen LogP contribution in [0, 0.1) is 0 Å². The highest BCUT2D eigenvalue weighted by Crippen LogP contribution is 2.57. The minimum atomic E-state index is -5.08. The van der Waals surface area contributed by atoms with E-state index < -0.39 is 15.6 Å². The zero-order valence-corrected chi connectivity index (χ0v) is 8.41. The number of phosphoric acid groups is 2. The summed E-state index contributed by atoms with van der Waals surface area (Å²) in [6.45, 7) is 0. The summed E-state index contributed by atoms with van der Waals surface area (Å²) in [5.74, 6) is 0. The molecule has 14 heavy (non-hydrogen) atoms. The van der Waals surface area contributed by atoms with Gasteiger partial charge in [0.05, 0.1) is 12.5 Å². The van der Waals surface area contributed by atoms with Gasteiger partial charge < -0.3 is 19.4 Å². The molecule has 0 spiro atoms. The van der Waals surface area contributed by atoms with Gasteiger partial charge in [0.2, 0.25) is 0 Å². The normalized spacial score (nSPS) is 17.4. The molecule has 0 fully saturated rings. The molecule has 82 valence electrons. The van der Waals surface area contributed by atoms with Crippen LogP contribution in [0.5, 0.6) is 0 Å². The maximum Gasteiger partial charge on any atom is 0.535 e. The largest absolute Gasteiger partial charge is 0.535 e. The molecule has 0 aromatic carbocycles. The van der Waals surface area contributed by atoms with Gasteiger partial charge in [0.25, 0.3) is 0 Å². The monoisotopic (exact) mass is 246 g/mol. The molecular formula is C4H8O8P2. The molecule has 0 aromatic heterocycles. The highest BCUT2D eigenvalue weighted by atomic mass is 31.3. The van der Waals surface area contributed by atoms with Crippen molar-refractivity contribution in [2.75, 3.05) is 0 Å². The maximum atomic E-state index is 10.7. The molecule has 0 heterocycles. The summed E-state index contributed by atoms with van der Waals surface area (Å²) < 4.78 is 28.2. The fraction of sp³-hybridized carbons (Fsp3) is 0. The molecule has 10 heteroatoms. The van der Waals surface area contributed by atoms with Gasteiger partial charge in [0.15, 0.2) is 0 Å². The minimum Gasteiger partial charge on any atom is -0.516 e. The molecule has 4 N–H and O–H groups in total. The van der Waals surface area contributed by atoms with Gasteiger partial charge in [0, 0.05) is 0 Å². The standard InChI is InChI=1S/C4H8O8P2/c5-3-1-2-4-11-14(9,10)12-13(6,7)8/h1-5H,(H,9,10)(H2,6,7,8). The Labute approximate surface area is 79.0 Å². The van der Waals surface area contributed by atoms with E-state index in [0.717, 1.165) is 12.2 Å². The lowest BCUT2D eigenvalue weighted by Gasteiger charge is -2.09. The molecular weight excluding hydrogens is 238 g/mol. The highest BCUT2D eigenvalue weighted by Gasteiger charge is 2.32. The van der Waals surface area contributed by atoms with Gasteiger partial charge in [-0.15, -0.1) is 0 Å². The molecule has 0 saturated carbocycles. The van der Waals surface area contributed by atoms with Crippen molar-refractivity contribution in [2.45, 2.75) is 0 Å². The summed E-state index contributed by atoms with van der Waals surface area (Å²) >= 11 is 0. The van der Waals surface area contributed by atoms with E-state index in [9.17, 15) is 9.13 Å². The summed E-state index contributed by atoms with van der Waals surface area (Å²) in [5, 5.41) is 8.11. The Bertz CT molecular complexity index is 313. The first-order valence-corrected chi connectivity index (χ1v) is 6.03. The SMILES string of the molecule is O=P(O)(O)OP(=O)(O)OC=CC=CO. The summed E-state index contributed by atoms with van der Waals surface area (Å²) in [5.41, 5.74) is 0. The average molecular weight is 246 g/mol. The van der Waals surface area contributed by atoms with Crippen LogP contribution < -0.4 is 0 Å². The fourth-order valence-electron chi connectivity index (χ4n) is 0.361. The quantitative estimate of drug-likeness (QED) is 0.318. The van der Waals surface area contributed by atoms with Gasteiger partial charge in [-0.1, -0.05) is 0 Å². The van der Waals surface area contributed by atoms with Crippen LogP contribution in [0.25, 0.3) is 0 Å². The van der Waals surface area contributed by atoms with Crippen LogP contribution >= 0.6 is 15.6 Å². The van der Waals surface area contributed by atoms with Crippen LogP contribution in [0.1, 0.15) is 0 Å². The predicted octanol–water partition coefficient (Wildman–Crippen LogP) is 0.798. The van der Waals surface area contributed by atoms with Gasteiger partial charge >= 0.3 is 15.6 Å². The Morgan fingerprint density at radius 1 is 1.07 bits per heavy atom. The molecule has 0 radical (unpaired) electrons. The molecule has 1 unspecified atom stereocenters. The average Bonchev–Trinajstić information content (AvgIpc) is 1.93. The van der Waals surface area contributed by atoms with Crippen LogP contribution in [0.3, 0.4) is 0 Å². The maximum absolute atomic E-state index is 10.7. The number of allylic oxidation sites excluding steroid dienone is 2. The molecule has 0 bridgehead atoms. The second-order valence-electron chi connectivity index (χ2n) is 1.82.